The second kappa shape index (κ2) is 11.8. The van der Waals surface area contributed by atoms with Gasteiger partial charge in [-0.3, -0.25) is 9.79 Å². The van der Waals surface area contributed by atoms with Crippen LogP contribution in [-0.4, -0.2) is 73.3 Å². The molecule has 4 N–H and O–H groups in total. The van der Waals surface area contributed by atoms with E-state index < -0.39 is 0 Å². The molecule has 1 saturated heterocycles. The van der Waals surface area contributed by atoms with Crippen molar-refractivity contribution < 1.29 is 19.4 Å². The maximum absolute atomic E-state index is 12.1. The van der Waals surface area contributed by atoms with Gasteiger partial charge in [0.15, 0.2) is 5.96 Å². The highest BCUT2D eigenvalue weighted by atomic mass is 16.6. The number of likely N-dealkylation sites (tertiary alicyclic amines) is 1. The Balaban J connectivity index is 1.75. The number of aliphatic imine (C=N–C) groups is 1. The molecule has 1 aliphatic rings. The summed E-state index contributed by atoms with van der Waals surface area (Å²) in [7, 11) is 0. The number of phenols is 1. The fourth-order valence-corrected chi connectivity index (χ4v) is 2.99. The number of benzene rings is 1. The van der Waals surface area contributed by atoms with Gasteiger partial charge in [0, 0.05) is 37.8 Å². The van der Waals surface area contributed by atoms with Gasteiger partial charge in [-0.25, -0.2) is 4.79 Å². The molecular formula is C20H31N5O4. The zero-order chi connectivity index (χ0) is 21.1. The number of carbonyl (C=O) groups is 2. The van der Waals surface area contributed by atoms with E-state index in [1.165, 1.54) is 12.1 Å². The Labute approximate surface area is 171 Å². The number of nitrogens with one attached hydrogen (secondary N) is 3. The second-order valence-corrected chi connectivity index (χ2v) is 6.67. The number of aromatic hydroxyl groups is 1. The lowest BCUT2D eigenvalue weighted by Gasteiger charge is -2.32. The summed E-state index contributed by atoms with van der Waals surface area (Å²) in [6.45, 7) is 7.05. The van der Waals surface area contributed by atoms with Crippen LogP contribution in [0.2, 0.25) is 0 Å². The van der Waals surface area contributed by atoms with E-state index in [0.29, 0.717) is 44.3 Å². The summed E-state index contributed by atoms with van der Waals surface area (Å²) in [5.74, 6) is 0.617. The smallest absolute Gasteiger partial charge is 0.409 e. The number of ether oxygens (including phenoxy) is 1. The van der Waals surface area contributed by atoms with Crippen LogP contribution in [0.4, 0.5) is 4.79 Å². The monoisotopic (exact) mass is 405 g/mol. The number of nitrogens with zero attached hydrogens (tertiary/aromatic N) is 2. The molecule has 2 amide bonds. The van der Waals surface area contributed by atoms with Gasteiger partial charge in [-0.15, -0.1) is 0 Å². The van der Waals surface area contributed by atoms with Gasteiger partial charge in [0.25, 0.3) is 5.91 Å². The van der Waals surface area contributed by atoms with Crippen LogP contribution in [0.25, 0.3) is 0 Å². The van der Waals surface area contributed by atoms with Gasteiger partial charge in [-0.05, 0) is 51.0 Å². The number of rotatable bonds is 7. The molecule has 2 rings (SSSR count). The van der Waals surface area contributed by atoms with E-state index >= 15 is 0 Å². The summed E-state index contributed by atoms with van der Waals surface area (Å²) in [6, 6.07) is 6.33. The molecule has 0 saturated carbocycles. The molecule has 9 nitrogen and oxygen atoms in total. The quantitative estimate of drug-likeness (QED) is 0.309. The van der Waals surface area contributed by atoms with Gasteiger partial charge in [0.1, 0.15) is 5.75 Å². The molecule has 1 aliphatic heterocycles. The predicted octanol–water partition coefficient (Wildman–Crippen LogP) is 1.30. The minimum atomic E-state index is -0.254. The summed E-state index contributed by atoms with van der Waals surface area (Å²) < 4.78 is 5.04. The number of phenolic OH excluding ortho intramolecular Hbond substituents is 1. The third-order valence-corrected chi connectivity index (χ3v) is 4.50. The lowest BCUT2D eigenvalue weighted by molar-refractivity contribution is 0.0948. The molecule has 0 atom stereocenters. The standard InChI is InChI=1S/C20H31N5O4/c1-3-21-19(24-16-9-13-25(14-10-16)20(28)29-4-2)23-12-11-22-18(27)15-5-7-17(26)8-6-15/h5-8,16,26H,3-4,9-14H2,1-2H3,(H,22,27)(H2,21,23,24). The van der Waals surface area contributed by atoms with E-state index in [4.69, 9.17) is 4.74 Å². The van der Waals surface area contributed by atoms with Gasteiger partial charge in [0.05, 0.1) is 13.2 Å². The van der Waals surface area contributed by atoms with E-state index in [1.807, 2.05) is 6.92 Å². The van der Waals surface area contributed by atoms with Crippen molar-refractivity contribution in [1.82, 2.24) is 20.9 Å². The molecule has 1 aromatic rings. The van der Waals surface area contributed by atoms with Crippen molar-refractivity contribution >= 4 is 18.0 Å². The Morgan fingerprint density at radius 1 is 1.17 bits per heavy atom. The van der Waals surface area contributed by atoms with Crippen LogP contribution in [0.5, 0.6) is 5.75 Å². The second-order valence-electron chi connectivity index (χ2n) is 6.67. The van der Waals surface area contributed by atoms with Gasteiger partial charge < -0.3 is 30.7 Å². The van der Waals surface area contributed by atoms with Crippen molar-refractivity contribution in [1.29, 1.82) is 0 Å². The van der Waals surface area contributed by atoms with Gasteiger partial charge in [0.2, 0.25) is 0 Å². The van der Waals surface area contributed by atoms with Crippen molar-refractivity contribution in [3.05, 3.63) is 29.8 Å². The van der Waals surface area contributed by atoms with E-state index in [2.05, 4.69) is 20.9 Å². The topological polar surface area (TPSA) is 115 Å². The predicted molar refractivity (Wildman–Crippen MR) is 111 cm³/mol. The average Bonchev–Trinajstić information content (AvgIpc) is 2.72. The molecule has 0 aromatic heterocycles. The lowest BCUT2D eigenvalue weighted by atomic mass is 10.1. The Kier molecular flexibility index (Phi) is 9.07. The molecule has 29 heavy (non-hydrogen) atoms. The summed E-state index contributed by atoms with van der Waals surface area (Å²) >= 11 is 0. The van der Waals surface area contributed by atoms with Crippen LogP contribution in [0.1, 0.15) is 37.0 Å². The van der Waals surface area contributed by atoms with Crippen molar-refractivity contribution in [2.75, 3.05) is 39.3 Å². The summed E-state index contributed by atoms with van der Waals surface area (Å²) in [5.41, 5.74) is 0.491. The Bertz CT molecular complexity index is 685. The Hall–Kier alpha value is -2.97. The number of piperidine rings is 1. The van der Waals surface area contributed by atoms with Crippen LogP contribution in [0.15, 0.2) is 29.3 Å². The molecule has 0 radical (unpaired) electrons. The lowest BCUT2D eigenvalue weighted by Crippen LogP contribution is -2.50. The largest absolute Gasteiger partial charge is 0.508 e. The van der Waals surface area contributed by atoms with Crippen LogP contribution < -0.4 is 16.0 Å². The van der Waals surface area contributed by atoms with Gasteiger partial charge >= 0.3 is 6.09 Å². The molecule has 1 fully saturated rings. The fraction of sp³-hybridized carbons (Fsp3) is 0.550. The van der Waals surface area contributed by atoms with Crippen LogP contribution in [0.3, 0.4) is 0 Å². The van der Waals surface area contributed by atoms with Gasteiger partial charge in [-0.1, -0.05) is 0 Å². The third kappa shape index (κ3) is 7.52. The molecule has 1 heterocycles. The number of carbonyl (C=O) groups excluding carboxylic acids is 2. The van der Waals surface area contributed by atoms with E-state index in [-0.39, 0.29) is 23.8 Å². The minimum absolute atomic E-state index is 0.126. The SMILES string of the molecule is CCNC(=NCCNC(=O)c1ccc(O)cc1)NC1CCN(C(=O)OCC)CC1. The number of hydrogen-bond donors (Lipinski definition) is 4. The number of amides is 2. The third-order valence-electron chi connectivity index (χ3n) is 4.50. The summed E-state index contributed by atoms with van der Waals surface area (Å²) in [4.78, 5) is 30.1. The average molecular weight is 405 g/mol. The first-order chi connectivity index (χ1) is 14.0. The van der Waals surface area contributed by atoms with E-state index in [9.17, 15) is 14.7 Å². The molecule has 0 bridgehead atoms. The molecule has 1 aromatic carbocycles. The van der Waals surface area contributed by atoms with Crippen LogP contribution >= 0.6 is 0 Å². The zero-order valence-electron chi connectivity index (χ0n) is 17.1. The van der Waals surface area contributed by atoms with Crippen molar-refractivity contribution in [3.8, 4) is 5.75 Å². The van der Waals surface area contributed by atoms with Gasteiger partial charge in [-0.2, -0.15) is 0 Å². The molecule has 9 heteroatoms. The minimum Gasteiger partial charge on any atom is -0.508 e. The normalized spacial score (nSPS) is 15.0. The highest BCUT2D eigenvalue weighted by molar-refractivity contribution is 5.94. The first-order valence-corrected chi connectivity index (χ1v) is 10.1. The Morgan fingerprint density at radius 2 is 1.86 bits per heavy atom. The molecule has 160 valence electrons. The molecular weight excluding hydrogens is 374 g/mol. The van der Waals surface area contributed by atoms with Crippen molar-refractivity contribution in [2.24, 2.45) is 4.99 Å². The van der Waals surface area contributed by atoms with Crippen LogP contribution in [0, 0.1) is 0 Å². The Morgan fingerprint density at radius 3 is 2.48 bits per heavy atom. The molecule has 0 spiro atoms. The zero-order valence-corrected chi connectivity index (χ0v) is 17.1. The molecule has 0 unspecified atom stereocenters. The first-order valence-electron chi connectivity index (χ1n) is 10.1. The van der Waals surface area contributed by atoms with Crippen molar-refractivity contribution in [2.45, 2.75) is 32.7 Å². The van der Waals surface area contributed by atoms with Crippen molar-refractivity contribution in [3.63, 3.8) is 0 Å². The maximum atomic E-state index is 12.1. The first kappa shape index (κ1) is 22.3. The molecule has 0 aliphatic carbocycles. The highest BCUT2D eigenvalue weighted by Gasteiger charge is 2.24. The number of hydrogen-bond acceptors (Lipinski definition) is 5. The maximum Gasteiger partial charge on any atom is 0.409 e. The fourth-order valence-electron chi connectivity index (χ4n) is 2.99. The summed E-state index contributed by atoms with van der Waals surface area (Å²) in [6.07, 6.45) is 1.39. The number of guanidine groups is 1. The van der Waals surface area contributed by atoms with Crippen LogP contribution in [-0.2, 0) is 4.74 Å². The highest BCUT2D eigenvalue weighted by Crippen LogP contribution is 2.11. The van der Waals surface area contributed by atoms with E-state index in [1.54, 1.807) is 24.0 Å². The summed E-state index contributed by atoms with van der Waals surface area (Å²) in [5, 5.41) is 18.7. The van der Waals surface area contributed by atoms with E-state index in [0.717, 1.165) is 19.4 Å².